The van der Waals surface area contributed by atoms with Gasteiger partial charge in [0.25, 0.3) is 0 Å². The molecule has 21 heavy (non-hydrogen) atoms. The largest absolute Gasteiger partial charge is 0.340 e. The van der Waals surface area contributed by atoms with Crippen molar-refractivity contribution in [1.29, 1.82) is 0 Å². The molecule has 0 radical (unpaired) electrons. The van der Waals surface area contributed by atoms with E-state index in [0.717, 1.165) is 6.42 Å². The van der Waals surface area contributed by atoms with E-state index in [4.69, 9.17) is 0 Å². The van der Waals surface area contributed by atoms with E-state index < -0.39 is 21.4 Å². The van der Waals surface area contributed by atoms with Gasteiger partial charge in [-0.15, -0.1) is 0 Å². The molecule has 0 aromatic carbocycles. The highest BCUT2D eigenvalue weighted by atomic mass is 32.2. The van der Waals surface area contributed by atoms with E-state index >= 15 is 0 Å². The third-order valence-electron chi connectivity index (χ3n) is 4.10. The summed E-state index contributed by atoms with van der Waals surface area (Å²) in [5.41, 5.74) is -0.989. The molecular formula is C14H26N2O4S. The van der Waals surface area contributed by atoms with Gasteiger partial charge in [-0.05, 0) is 19.8 Å². The molecule has 122 valence electrons. The van der Waals surface area contributed by atoms with Gasteiger partial charge in [0.2, 0.25) is 11.8 Å². The molecule has 0 aromatic heterocycles. The zero-order chi connectivity index (χ0) is 16.4. The summed E-state index contributed by atoms with van der Waals surface area (Å²) >= 11 is 0. The topological polar surface area (TPSA) is 83.6 Å². The standard InChI is InChI=1S/C14H26N2O4S/c1-6-10(3)11-12(17)15-14(4,5)13(18)16(11)8-9-21(19,20)7-2/h10-11H,6-9H2,1-5H3,(H,15,17). The first-order chi connectivity index (χ1) is 9.55. The van der Waals surface area contributed by atoms with E-state index in [1.165, 1.54) is 4.90 Å². The van der Waals surface area contributed by atoms with Crippen LogP contribution in [0.2, 0.25) is 0 Å². The molecule has 6 nitrogen and oxygen atoms in total. The first-order valence-electron chi connectivity index (χ1n) is 7.39. The maximum absolute atomic E-state index is 12.5. The Labute approximate surface area is 127 Å². The fourth-order valence-electron chi connectivity index (χ4n) is 2.47. The molecule has 2 unspecified atom stereocenters. The van der Waals surface area contributed by atoms with Gasteiger partial charge < -0.3 is 10.2 Å². The quantitative estimate of drug-likeness (QED) is 0.776. The molecule has 2 amide bonds. The number of piperazine rings is 1. The molecule has 1 saturated heterocycles. The summed E-state index contributed by atoms with van der Waals surface area (Å²) in [6, 6.07) is -0.595. The molecule has 1 rings (SSSR count). The minimum absolute atomic E-state index is 0.0191. The van der Waals surface area contributed by atoms with E-state index in [-0.39, 0.29) is 35.8 Å². The van der Waals surface area contributed by atoms with Crippen molar-refractivity contribution in [3.8, 4) is 0 Å². The van der Waals surface area contributed by atoms with Gasteiger partial charge in [-0.2, -0.15) is 0 Å². The van der Waals surface area contributed by atoms with Gasteiger partial charge in [0.15, 0.2) is 9.84 Å². The molecule has 1 aliphatic heterocycles. The Hall–Kier alpha value is -1.11. The second-order valence-electron chi connectivity index (χ2n) is 6.18. The third-order valence-corrected chi connectivity index (χ3v) is 5.79. The number of hydrogen-bond donors (Lipinski definition) is 1. The van der Waals surface area contributed by atoms with Gasteiger partial charge in [0.1, 0.15) is 11.6 Å². The van der Waals surface area contributed by atoms with Crippen LogP contribution in [0.3, 0.4) is 0 Å². The predicted octanol–water partition coefficient (Wildman–Crippen LogP) is 0.573. The molecule has 7 heteroatoms. The van der Waals surface area contributed by atoms with Crippen LogP contribution in [0.25, 0.3) is 0 Å². The Bertz CT molecular complexity index is 513. The monoisotopic (exact) mass is 318 g/mol. The van der Waals surface area contributed by atoms with Gasteiger partial charge in [0.05, 0.1) is 5.75 Å². The molecular weight excluding hydrogens is 292 g/mol. The lowest BCUT2D eigenvalue weighted by atomic mass is 9.89. The van der Waals surface area contributed by atoms with Crippen LogP contribution in [0.1, 0.15) is 41.0 Å². The number of rotatable bonds is 6. The molecule has 0 bridgehead atoms. The Kier molecular flexibility index (Phi) is 5.41. The van der Waals surface area contributed by atoms with Crippen LogP contribution in [0.4, 0.5) is 0 Å². The van der Waals surface area contributed by atoms with Gasteiger partial charge in [-0.3, -0.25) is 9.59 Å². The van der Waals surface area contributed by atoms with Gasteiger partial charge in [-0.1, -0.05) is 27.2 Å². The number of carbonyl (C=O) groups excluding carboxylic acids is 2. The van der Waals surface area contributed by atoms with E-state index in [1.54, 1.807) is 20.8 Å². The van der Waals surface area contributed by atoms with E-state index in [1.807, 2.05) is 13.8 Å². The highest BCUT2D eigenvalue weighted by Crippen LogP contribution is 2.24. The van der Waals surface area contributed by atoms with E-state index in [2.05, 4.69) is 5.32 Å². The van der Waals surface area contributed by atoms with Crippen LogP contribution in [0.5, 0.6) is 0 Å². The van der Waals surface area contributed by atoms with Crippen molar-refractivity contribution in [2.45, 2.75) is 52.6 Å². The summed E-state index contributed by atoms with van der Waals surface area (Å²) in [5, 5.41) is 2.73. The predicted molar refractivity (Wildman–Crippen MR) is 81.5 cm³/mol. The smallest absolute Gasteiger partial charge is 0.248 e. The SMILES string of the molecule is CCC(C)C1C(=O)NC(C)(C)C(=O)N1CCS(=O)(=O)CC. The Balaban J connectivity index is 3.05. The molecule has 0 aromatic rings. The lowest BCUT2D eigenvalue weighted by Crippen LogP contribution is -2.69. The summed E-state index contributed by atoms with van der Waals surface area (Å²) in [6.45, 7) is 8.78. The minimum atomic E-state index is -3.18. The normalized spacial score (nSPS) is 23.9. The molecule has 1 aliphatic rings. The Morgan fingerprint density at radius 2 is 1.86 bits per heavy atom. The van der Waals surface area contributed by atoms with Crippen LogP contribution in [0.15, 0.2) is 0 Å². The lowest BCUT2D eigenvalue weighted by molar-refractivity contribution is -0.155. The van der Waals surface area contributed by atoms with Crippen molar-refractivity contribution < 1.29 is 18.0 Å². The highest BCUT2D eigenvalue weighted by Gasteiger charge is 2.46. The van der Waals surface area contributed by atoms with Crippen molar-refractivity contribution in [2.75, 3.05) is 18.1 Å². The summed E-state index contributed by atoms with van der Waals surface area (Å²) in [5.74, 6) is -0.514. The molecule has 0 spiro atoms. The zero-order valence-corrected chi connectivity index (χ0v) is 14.3. The van der Waals surface area contributed by atoms with Crippen molar-refractivity contribution >= 4 is 21.7 Å². The molecule has 0 saturated carbocycles. The maximum Gasteiger partial charge on any atom is 0.248 e. The van der Waals surface area contributed by atoms with Gasteiger partial charge >= 0.3 is 0 Å². The Morgan fingerprint density at radius 1 is 1.29 bits per heavy atom. The molecule has 0 aliphatic carbocycles. The van der Waals surface area contributed by atoms with Crippen LogP contribution < -0.4 is 5.32 Å². The van der Waals surface area contributed by atoms with Gasteiger partial charge in [-0.25, -0.2) is 8.42 Å². The number of amides is 2. The van der Waals surface area contributed by atoms with E-state index in [0.29, 0.717) is 0 Å². The number of nitrogens with zero attached hydrogens (tertiary/aromatic N) is 1. The van der Waals surface area contributed by atoms with Crippen molar-refractivity contribution in [3.63, 3.8) is 0 Å². The molecule has 1 fully saturated rings. The van der Waals surface area contributed by atoms with E-state index in [9.17, 15) is 18.0 Å². The average Bonchev–Trinajstić information content (AvgIpc) is 2.40. The van der Waals surface area contributed by atoms with Crippen LogP contribution >= 0.6 is 0 Å². The van der Waals surface area contributed by atoms with Crippen LogP contribution in [-0.4, -0.2) is 54.8 Å². The van der Waals surface area contributed by atoms with Crippen molar-refractivity contribution in [1.82, 2.24) is 10.2 Å². The molecule has 1 heterocycles. The zero-order valence-electron chi connectivity index (χ0n) is 13.5. The number of nitrogens with one attached hydrogen (secondary N) is 1. The summed E-state index contributed by atoms with van der Waals surface area (Å²) in [6.07, 6.45) is 0.739. The van der Waals surface area contributed by atoms with Crippen molar-refractivity contribution in [3.05, 3.63) is 0 Å². The first-order valence-corrected chi connectivity index (χ1v) is 9.21. The van der Waals surface area contributed by atoms with Crippen molar-refractivity contribution in [2.24, 2.45) is 5.92 Å². The summed E-state index contributed by atoms with van der Waals surface area (Å²) in [7, 11) is -3.18. The van der Waals surface area contributed by atoms with Crippen LogP contribution in [0, 0.1) is 5.92 Å². The van der Waals surface area contributed by atoms with Gasteiger partial charge in [0, 0.05) is 12.3 Å². The third kappa shape index (κ3) is 3.96. The average molecular weight is 318 g/mol. The highest BCUT2D eigenvalue weighted by molar-refractivity contribution is 7.91. The fourth-order valence-corrected chi connectivity index (χ4v) is 3.24. The number of hydrogen-bond acceptors (Lipinski definition) is 4. The van der Waals surface area contributed by atoms with Crippen LogP contribution in [-0.2, 0) is 19.4 Å². The molecule has 2 atom stereocenters. The first kappa shape index (κ1) is 17.9. The second kappa shape index (κ2) is 6.34. The Morgan fingerprint density at radius 3 is 2.33 bits per heavy atom. The fraction of sp³-hybridized carbons (Fsp3) is 0.857. The number of carbonyl (C=O) groups is 2. The number of sulfone groups is 1. The second-order valence-corrected chi connectivity index (χ2v) is 8.65. The minimum Gasteiger partial charge on any atom is -0.340 e. The molecule has 1 N–H and O–H groups in total. The summed E-state index contributed by atoms with van der Waals surface area (Å²) in [4.78, 5) is 26.3. The lowest BCUT2D eigenvalue weighted by Gasteiger charge is -2.44. The maximum atomic E-state index is 12.5. The summed E-state index contributed by atoms with van der Waals surface area (Å²) < 4.78 is 23.4.